The Bertz CT molecular complexity index is 903. The van der Waals surface area contributed by atoms with E-state index < -0.39 is 5.97 Å². The first-order valence-electron chi connectivity index (χ1n) is 7.84. The molecule has 3 rings (SSSR count). The standard InChI is InChI=1S/C20H15NO4S/c22-17(13-25-20(24)18-7-4-12-26-18)14-8-10-16(11-9-14)21-19(23)15-5-2-1-3-6-15/h1-12H,13H2,(H,21,23). The maximum Gasteiger partial charge on any atom is 0.348 e. The van der Waals surface area contributed by atoms with Gasteiger partial charge in [-0.2, -0.15) is 0 Å². The number of hydrogen-bond donors (Lipinski definition) is 1. The van der Waals surface area contributed by atoms with E-state index in [2.05, 4.69) is 5.32 Å². The first kappa shape index (κ1) is 17.6. The van der Waals surface area contributed by atoms with Crippen LogP contribution in [0.1, 0.15) is 30.4 Å². The van der Waals surface area contributed by atoms with Crippen molar-refractivity contribution >= 4 is 34.7 Å². The van der Waals surface area contributed by atoms with E-state index in [1.54, 1.807) is 66.0 Å². The summed E-state index contributed by atoms with van der Waals surface area (Å²) in [5.41, 5.74) is 1.53. The summed E-state index contributed by atoms with van der Waals surface area (Å²) in [7, 11) is 0. The normalized spacial score (nSPS) is 10.2. The van der Waals surface area contributed by atoms with Crippen LogP contribution in [0.25, 0.3) is 0 Å². The van der Waals surface area contributed by atoms with Gasteiger partial charge in [-0.3, -0.25) is 9.59 Å². The van der Waals surface area contributed by atoms with Crippen LogP contribution < -0.4 is 5.32 Å². The van der Waals surface area contributed by atoms with Crippen molar-refractivity contribution in [2.24, 2.45) is 0 Å². The van der Waals surface area contributed by atoms with Gasteiger partial charge in [0.25, 0.3) is 5.91 Å². The Labute approximate surface area is 154 Å². The monoisotopic (exact) mass is 365 g/mol. The number of carbonyl (C=O) groups is 3. The van der Waals surface area contributed by atoms with E-state index in [0.29, 0.717) is 21.7 Å². The third-order valence-electron chi connectivity index (χ3n) is 3.56. The molecule has 1 heterocycles. The lowest BCUT2D eigenvalue weighted by atomic mass is 10.1. The molecular formula is C20H15NO4S. The van der Waals surface area contributed by atoms with Gasteiger partial charge in [0, 0.05) is 16.8 Å². The molecule has 1 aromatic heterocycles. The van der Waals surface area contributed by atoms with Gasteiger partial charge in [0.2, 0.25) is 0 Å². The summed E-state index contributed by atoms with van der Waals surface area (Å²) in [6.45, 7) is -0.327. The zero-order valence-corrected chi connectivity index (χ0v) is 14.5. The Morgan fingerprint density at radius 2 is 1.58 bits per heavy atom. The summed E-state index contributed by atoms with van der Waals surface area (Å²) < 4.78 is 5.01. The molecule has 5 nitrogen and oxygen atoms in total. The first-order chi connectivity index (χ1) is 12.6. The van der Waals surface area contributed by atoms with Crippen LogP contribution >= 0.6 is 11.3 Å². The predicted octanol–water partition coefficient (Wildman–Crippen LogP) is 4.04. The van der Waals surface area contributed by atoms with Crippen LogP contribution in [0.3, 0.4) is 0 Å². The fourth-order valence-corrected chi connectivity index (χ4v) is 2.83. The number of amides is 1. The molecule has 0 fully saturated rings. The lowest BCUT2D eigenvalue weighted by Crippen LogP contribution is -2.14. The molecule has 0 spiro atoms. The van der Waals surface area contributed by atoms with Crippen LogP contribution in [0, 0.1) is 0 Å². The molecule has 1 N–H and O–H groups in total. The zero-order chi connectivity index (χ0) is 18.4. The Morgan fingerprint density at radius 3 is 2.23 bits per heavy atom. The lowest BCUT2D eigenvalue weighted by Gasteiger charge is -2.07. The van der Waals surface area contributed by atoms with E-state index >= 15 is 0 Å². The SMILES string of the molecule is O=C(COC(=O)c1cccs1)c1ccc(NC(=O)c2ccccc2)cc1. The largest absolute Gasteiger partial charge is 0.453 e. The van der Waals surface area contributed by atoms with Crippen LogP contribution in [0.2, 0.25) is 0 Å². The molecule has 3 aromatic rings. The number of hydrogen-bond acceptors (Lipinski definition) is 5. The van der Waals surface area contributed by atoms with Crippen LogP contribution in [-0.2, 0) is 4.74 Å². The highest BCUT2D eigenvalue weighted by Gasteiger charge is 2.13. The van der Waals surface area contributed by atoms with Crippen molar-refractivity contribution in [2.75, 3.05) is 11.9 Å². The van der Waals surface area contributed by atoms with Crippen molar-refractivity contribution in [3.05, 3.63) is 88.1 Å². The number of ether oxygens (including phenoxy) is 1. The molecule has 6 heteroatoms. The molecule has 0 radical (unpaired) electrons. The molecule has 0 atom stereocenters. The average molecular weight is 365 g/mol. The minimum absolute atomic E-state index is 0.227. The fourth-order valence-electron chi connectivity index (χ4n) is 2.21. The number of benzene rings is 2. The molecule has 0 unspecified atom stereocenters. The van der Waals surface area contributed by atoms with Gasteiger partial charge in [0.1, 0.15) is 4.88 Å². The number of anilines is 1. The van der Waals surface area contributed by atoms with Crippen LogP contribution in [0.4, 0.5) is 5.69 Å². The third kappa shape index (κ3) is 4.43. The van der Waals surface area contributed by atoms with E-state index in [-0.39, 0.29) is 18.3 Å². The van der Waals surface area contributed by atoms with E-state index in [0.717, 1.165) is 0 Å². The maximum absolute atomic E-state index is 12.1. The molecule has 0 aliphatic heterocycles. The quantitative estimate of drug-likeness (QED) is 0.528. The Morgan fingerprint density at radius 1 is 0.846 bits per heavy atom. The molecular weight excluding hydrogens is 350 g/mol. The number of Topliss-reactive ketones (excluding diaryl/α,β-unsaturated/α-hetero) is 1. The lowest BCUT2D eigenvalue weighted by molar-refractivity contribution is 0.0479. The highest BCUT2D eigenvalue weighted by Crippen LogP contribution is 2.13. The van der Waals surface area contributed by atoms with Crippen molar-refractivity contribution < 1.29 is 19.1 Å². The van der Waals surface area contributed by atoms with Gasteiger partial charge in [-0.05, 0) is 47.8 Å². The van der Waals surface area contributed by atoms with Crippen molar-refractivity contribution in [2.45, 2.75) is 0 Å². The molecule has 0 bridgehead atoms. The highest BCUT2D eigenvalue weighted by molar-refractivity contribution is 7.11. The topological polar surface area (TPSA) is 72.5 Å². The summed E-state index contributed by atoms with van der Waals surface area (Å²) in [5.74, 6) is -1.05. The minimum atomic E-state index is -0.514. The molecule has 0 saturated heterocycles. The van der Waals surface area contributed by atoms with E-state index in [1.165, 1.54) is 11.3 Å². The van der Waals surface area contributed by atoms with Crippen molar-refractivity contribution in [1.29, 1.82) is 0 Å². The van der Waals surface area contributed by atoms with Crippen LogP contribution in [0.15, 0.2) is 72.1 Å². The second kappa shape index (κ2) is 8.22. The fraction of sp³-hybridized carbons (Fsp3) is 0.0500. The zero-order valence-electron chi connectivity index (χ0n) is 13.7. The number of rotatable bonds is 6. The van der Waals surface area contributed by atoms with Crippen molar-refractivity contribution in [3.8, 4) is 0 Å². The average Bonchev–Trinajstić information content (AvgIpc) is 3.22. The molecule has 26 heavy (non-hydrogen) atoms. The van der Waals surface area contributed by atoms with Gasteiger partial charge < -0.3 is 10.1 Å². The second-order valence-corrected chi connectivity index (χ2v) is 6.32. The Kier molecular flexibility index (Phi) is 5.56. The number of esters is 1. The third-order valence-corrected chi connectivity index (χ3v) is 4.41. The molecule has 0 saturated carbocycles. The Hall–Kier alpha value is -3.25. The molecule has 0 aliphatic rings. The van der Waals surface area contributed by atoms with Gasteiger partial charge in [0.05, 0.1) is 0 Å². The maximum atomic E-state index is 12.1. The summed E-state index contributed by atoms with van der Waals surface area (Å²) in [4.78, 5) is 36.4. The summed E-state index contributed by atoms with van der Waals surface area (Å²) in [5, 5.41) is 4.52. The number of carbonyl (C=O) groups excluding carboxylic acids is 3. The van der Waals surface area contributed by atoms with Crippen LogP contribution in [-0.4, -0.2) is 24.3 Å². The number of thiophene rings is 1. The number of nitrogens with one attached hydrogen (secondary N) is 1. The Balaban J connectivity index is 1.56. The molecule has 0 aliphatic carbocycles. The van der Waals surface area contributed by atoms with Crippen molar-refractivity contribution in [1.82, 2.24) is 0 Å². The second-order valence-electron chi connectivity index (χ2n) is 5.37. The van der Waals surface area contributed by atoms with E-state index in [9.17, 15) is 14.4 Å². The van der Waals surface area contributed by atoms with Crippen LogP contribution in [0.5, 0.6) is 0 Å². The number of ketones is 1. The van der Waals surface area contributed by atoms with Gasteiger partial charge >= 0.3 is 5.97 Å². The summed E-state index contributed by atoms with van der Waals surface area (Å²) in [6.07, 6.45) is 0. The smallest absolute Gasteiger partial charge is 0.348 e. The van der Waals surface area contributed by atoms with E-state index in [1.807, 2.05) is 6.07 Å². The first-order valence-corrected chi connectivity index (χ1v) is 8.72. The predicted molar refractivity (Wildman–Crippen MR) is 99.8 cm³/mol. The highest BCUT2D eigenvalue weighted by atomic mass is 32.1. The summed E-state index contributed by atoms with van der Waals surface area (Å²) >= 11 is 1.26. The van der Waals surface area contributed by atoms with Gasteiger partial charge in [-0.1, -0.05) is 24.3 Å². The van der Waals surface area contributed by atoms with Gasteiger partial charge in [0.15, 0.2) is 12.4 Å². The molecule has 2 aromatic carbocycles. The van der Waals surface area contributed by atoms with E-state index in [4.69, 9.17) is 4.74 Å². The minimum Gasteiger partial charge on any atom is -0.453 e. The van der Waals surface area contributed by atoms with Gasteiger partial charge in [-0.15, -0.1) is 11.3 Å². The molecule has 1 amide bonds. The van der Waals surface area contributed by atoms with Crippen molar-refractivity contribution in [3.63, 3.8) is 0 Å². The summed E-state index contributed by atoms with van der Waals surface area (Å²) in [6, 6.07) is 18.7. The van der Waals surface area contributed by atoms with Gasteiger partial charge in [-0.25, -0.2) is 4.79 Å². The molecule has 130 valence electrons.